The number of nitrogens with one attached hydrogen (secondary N) is 2. The highest BCUT2D eigenvalue weighted by molar-refractivity contribution is 6.74. The molecule has 0 unspecified atom stereocenters. The molecule has 5 rings (SSSR count). The lowest BCUT2D eigenvalue weighted by molar-refractivity contribution is 0.0603. The van der Waals surface area contributed by atoms with Gasteiger partial charge in [-0.15, -0.1) is 0 Å². The van der Waals surface area contributed by atoms with Gasteiger partial charge in [-0.05, 0) is 67.6 Å². The second-order valence-corrected chi connectivity index (χ2v) is 18.1. The van der Waals surface area contributed by atoms with Crippen LogP contribution in [-0.4, -0.2) is 54.4 Å². The molecule has 1 atom stereocenters. The topological polar surface area (TPSA) is 110 Å². The Balaban J connectivity index is 1.41. The van der Waals surface area contributed by atoms with Gasteiger partial charge in [-0.3, -0.25) is 0 Å². The van der Waals surface area contributed by atoms with Crippen molar-refractivity contribution in [2.45, 2.75) is 77.6 Å². The molecular formula is C31H43N7O2Si. The van der Waals surface area contributed by atoms with E-state index >= 15 is 0 Å². The predicted octanol–water partition coefficient (Wildman–Crippen LogP) is 6.40. The molecule has 1 aromatic carbocycles. The lowest BCUT2D eigenvalue weighted by Crippen LogP contribution is -2.45. The minimum absolute atomic E-state index is 0.126. The van der Waals surface area contributed by atoms with Crippen molar-refractivity contribution in [1.82, 2.24) is 19.7 Å². The van der Waals surface area contributed by atoms with Crippen molar-refractivity contribution in [3.05, 3.63) is 47.3 Å². The average molecular weight is 574 g/mol. The van der Waals surface area contributed by atoms with Crippen LogP contribution in [-0.2, 0) is 21.1 Å². The molecule has 0 aliphatic carbocycles. The van der Waals surface area contributed by atoms with Gasteiger partial charge in [0.25, 0.3) is 0 Å². The van der Waals surface area contributed by atoms with Crippen molar-refractivity contribution in [3.63, 3.8) is 0 Å². The summed E-state index contributed by atoms with van der Waals surface area (Å²) in [4.78, 5) is 9.37. The molecule has 2 N–H and O–H groups in total. The molecule has 2 aromatic heterocycles. The summed E-state index contributed by atoms with van der Waals surface area (Å²) >= 11 is 0. The second kappa shape index (κ2) is 11.2. The Morgan fingerprint density at radius 2 is 2.00 bits per heavy atom. The summed E-state index contributed by atoms with van der Waals surface area (Å²) in [7, 11) is -1.94. The van der Waals surface area contributed by atoms with E-state index in [1.807, 2.05) is 29.8 Å². The van der Waals surface area contributed by atoms with Crippen molar-refractivity contribution in [3.8, 4) is 17.3 Å². The van der Waals surface area contributed by atoms with Crippen LogP contribution < -0.4 is 10.6 Å². The highest BCUT2D eigenvalue weighted by atomic mass is 28.4. The molecule has 3 aromatic rings. The van der Waals surface area contributed by atoms with Gasteiger partial charge in [0.2, 0.25) is 5.95 Å². The van der Waals surface area contributed by atoms with Gasteiger partial charge in [-0.1, -0.05) is 27.7 Å². The number of nitrogens with zero attached hydrogens (tertiary/aromatic N) is 5. The first-order valence-corrected chi connectivity index (χ1v) is 17.5. The number of hydrogen-bond acceptors (Lipinski definition) is 8. The molecule has 218 valence electrons. The van der Waals surface area contributed by atoms with Crippen molar-refractivity contribution in [2.75, 3.05) is 37.0 Å². The van der Waals surface area contributed by atoms with Gasteiger partial charge < -0.3 is 19.8 Å². The molecule has 4 heterocycles. The number of aryl methyl sites for hydroxylation is 1. The third kappa shape index (κ3) is 6.17. The van der Waals surface area contributed by atoms with Crippen LogP contribution in [0.3, 0.4) is 0 Å². The molecule has 1 fully saturated rings. The fourth-order valence-corrected chi connectivity index (χ4v) is 6.37. The fourth-order valence-electron chi connectivity index (χ4n) is 5.26. The van der Waals surface area contributed by atoms with Gasteiger partial charge in [-0.25, -0.2) is 14.6 Å². The smallest absolute Gasteiger partial charge is 0.228 e. The molecule has 10 heteroatoms. The molecule has 0 amide bonds. The Kier molecular flexibility index (Phi) is 7.98. The molecule has 1 saturated heterocycles. The standard InChI is InChI=1S/C31H43N7O2Si/c1-21-14-27(38(37-21)18-22-9-12-39-13-10-22)36-29-33-11-8-26(35-29)23-15-24(17-32)28-25(16-23)31(5,19-34-28)20-40-41(6,7)30(2,3)4/h8,11,14-16,22,34H,9-10,12-13,18-20H2,1-7H3,(H,33,35,36)/t31-/m1/s1. The summed E-state index contributed by atoms with van der Waals surface area (Å²) in [5.41, 5.74) is 4.95. The number of rotatable bonds is 8. The van der Waals surface area contributed by atoms with Crippen molar-refractivity contribution in [2.24, 2.45) is 5.92 Å². The van der Waals surface area contributed by atoms with Crippen LogP contribution in [0.4, 0.5) is 17.5 Å². The zero-order valence-electron chi connectivity index (χ0n) is 25.5. The van der Waals surface area contributed by atoms with E-state index < -0.39 is 8.32 Å². The summed E-state index contributed by atoms with van der Waals surface area (Å²) in [6, 6.07) is 10.4. The van der Waals surface area contributed by atoms with Crippen molar-refractivity contribution < 1.29 is 9.16 Å². The minimum Gasteiger partial charge on any atom is -0.416 e. The third-order valence-corrected chi connectivity index (χ3v) is 13.5. The van der Waals surface area contributed by atoms with Gasteiger partial charge in [0.1, 0.15) is 11.9 Å². The summed E-state index contributed by atoms with van der Waals surface area (Å²) in [5, 5.41) is 21.8. The van der Waals surface area contributed by atoms with Crippen molar-refractivity contribution in [1.29, 1.82) is 5.26 Å². The Morgan fingerprint density at radius 1 is 1.24 bits per heavy atom. The number of nitriles is 1. The molecule has 0 bridgehead atoms. The van der Waals surface area contributed by atoms with E-state index in [2.05, 4.69) is 68.5 Å². The van der Waals surface area contributed by atoms with Crippen LogP contribution in [0.25, 0.3) is 11.3 Å². The van der Waals surface area contributed by atoms with E-state index in [1.165, 1.54) is 0 Å². The van der Waals surface area contributed by atoms with E-state index in [4.69, 9.17) is 19.2 Å². The van der Waals surface area contributed by atoms with Gasteiger partial charge in [0, 0.05) is 56.2 Å². The number of aromatic nitrogens is 4. The lowest BCUT2D eigenvalue weighted by Gasteiger charge is -2.39. The molecule has 2 aliphatic heterocycles. The normalized spacial score (nSPS) is 19.5. The maximum Gasteiger partial charge on any atom is 0.228 e. The first-order valence-electron chi connectivity index (χ1n) is 14.6. The molecular weight excluding hydrogens is 530 g/mol. The Labute approximate surface area is 244 Å². The third-order valence-electron chi connectivity index (χ3n) is 8.99. The predicted molar refractivity (Wildman–Crippen MR) is 165 cm³/mol. The monoisotopic (exact) mass is 573 g/mol. The molecule has 2 aliphatic rings. The van der Waals surface area contributed by atoms with Crippen LogP contribution in [0.1, 0.15) is 57.4 Å². The maximum atomic E-state index is 10.0. The van der Waals surface area contributed by atoms with Crippen molar-refractivity contribution >= 4 is 25.8 Å². The summed E-state index contributed by atoms with van der Waals surface area (Å²) < 4.78 is 14.2. The van der Waals surface area contributed by atoms with Gasteiger partial charge >= 0.3 is 0 Å². The van der Waals surface area contributed by atoms with Gasteiger partial charge in [-0.2, -0.15) is 10.4 Å². The van der Waals surface area contributed by atoms with E-state index in [0.29, 0.717) is 24.0 Å². The van der Waals surface area contributed by atoms with Crippen LogP contribution in [0.2, 0.25) is 18.1 Å². The van der Waals surface area contributed by atoms with Crippen LogP contribution in [0.15, 0.2) is 30.5 Å². The van der Waals surface area contributed by atoms with E-state index in [1.54, 1.807) is 6.20 Å². The Hall–Kier alpha value is -3.26. The highest BCUT2D eigenvalue weighted by Gasteiger charge is 2.42. The van der Waals surface area contributed by atoms with E-state index in [0.717, 1.165) is 73.2 Å². The molecule has 0 radical (unpaired) electrons. The number of fused-ring (bicyclic) bond motifs is 1. The molecule has 41 heavy (non-hydrogen) atoms. The minimum atomic E-state index is -1.94. The average Bonchev–Trinajstić information content (AvgIpc) is 3.45. The number of hydrogen-bond donors (Lipinski definition) is 2. The number of anilines is 3. The van der Waals surface area contributed by atoms with Gasteiger partial charge in [0.15, 0.2) is 8.32 Å². The zero-order chi connectivity index (χ0) is 29.4. The first kappa shape index (κ1) is 29.2. The number of benzene rings is 1. The first-order chi connectivity index (χ1) is 19.4. The lowest BCUT2D eigenvalue weighted by atomic mass is 9.83. The summed E-state index contributed by atoms with van der Waals surface area (Å²) in [6.45, 7) is 19.3. The van der Waals surface area contributed by atoms with Crippen LogP contribution in [0, 0.1) is 24.2 Å². The van der Waals surface area contributed by atoms with E-state index in [-0.39, 0.29) is 10.5 Å². The maximum absolute atomic E-state index is 10.0. The fraction of sp³-hybridized carbons (Fsp3) is 0.548. The van der Waals surface area contributed by atoms with Crippen LogP contribution in [0.5, 0.6) is 0 Å². The largest absolute Gasteiger partial charge is 0.416 e. The quantitative estimate of drug-likeness (QED) is 0.298. The highest BCUT2D eigenvalue weighted by Crippen LogP contribution is 2.44. The second-order valence-electron chi connectivity index (χ2n) is 13.3. The Morgan fingerprint density at radius 3 is 2.71 bits per heavy atom. The Bertz CT molecular complexity index is 1450. The zero-order valence-corrected chi connectivity index (χ0v) is 26.5. The summed E-state index contributed by atoms with van der Waals surface area (Å²) in [5.74, 6) is 1.91. The molecule has 0 spiro atoms. The SMILES string of the molecule is Cc1cc(Nc2nccc(-c3cc(C#N)c4c(c3)[C@@](C)(CO[Si](C)(C)C(C)(C)C)CN4)n2)n(CC2CCOCC2)n1. The van der Waals surface area contributed by atoms with Crippen LogP contribution >= 0.6 is 0 Å². The number of ether oxygens (including phenoxy) is 1. The molecule has 0 saturated carbocycles. The summed E-state index contributed by atoms with van der Waals surface area (Å²) in [6.07, 6.45) is 3.84. The van der Waals surface area contributed by atoms with Gasteiger partial charge in [0.05, 0.1) is 22.6 Å². The molecule has 9 nitrogen and oxygen atoms in total. The van der Waals surface area contributed by atoms with E-state index in [9.17, 15) is 5.26 Å².